The van der Waals surface area contributed by atoms with Crippen molar-refractivity contribution >= 4 is 27.3 Å². The van der Waals surface area contributed by atoms with Crippen molar-refractivity contribution in [1.82, 2.24) is 15.2 Å². The van der Waals surface area contributed by atoms with Gasteiger partial charge in [0.1, 0.15) is 0 Å². The van der Waals surface area contributed by atoms with Crippen LogP contribution in [0.2, 0.25) is 5.02 Å². The Labute approximate surface area is 161 Å². The number of halogens is 4. The molecule has 1 heterocycles. The second-order valence-electron chi connectivity index (χ2n) is 5.84. The van der Waals surface area contributed by atoms with Gasteiger partial charge in [-0.2, -0.15) is 18.3 Å². The summed E-state index contributed by atoms with van der Waals surface area (Å²) in [5.41, 5.74) is -1.96. The quantitative estimate of drug-likeness (QED) is 0.586. The van der Waals surface area contributed by atoms with Crippen LogP contribution >= 0.6 is 11.6 Å². The van der Waals surface area contributed by atoms with Gasteiger partial charge in [-0.3, -0.25) is 9.71 Å². The van der Waals surface area contributed by atoms with Gasteiger partial charge in [0.25, 0.3) is 10.0 Å². The molecule has 0 saturated heterocycles. The number of H-pyrrole nitrogens is 2. The second-order valence-corrected chi connectivity index (χ2v) is 7.93. The molecule has 1 aromatic heterocycles. The number of nitrogens with zero attached hydrogens (tertiary/aromatic N) is 1. The predicted octanol–water partition coefficient (Wildman–Crippen LogP) is 3.55. The maximum absolute atomic E-state index is 13.2. The number of nitrogens with one attached hydrogen (secondary N) is 3. The molecule has 0 spiro atoms. The second kappa shape index (κ2) is 6.99. The molecule has 28 heavy (non-hydrogen) atoms. The summed E-state index contributed by atoms with van der Waals surface area (Å²) in [6, 6.07) is 6.67. The van der Waals surface area contributed by atoms with Crippen molar-refractivity contribution in [2.24, 2.45) is 0 Å². The topological polar surface area (TPSA) is 108 Å². The molecular formula is C16H12ClF3N4O3S. The molecule has 0 fully saturated rings. The van der Waals surface area contributed by atoms with Crippen LogP contribution < -0.4 is 10.4 Å². The smallest absolute Gasteiger partial charge is 0.289 e. The molecule has 0 aliphatic carbocycles. The fourth-order valence-corrected chi connectivity index (χ4v) is 4.02. The zero-order valence-electron chi connectivity index (χ0n) is 14.1. The Bertz CT molecular complexity index is 1200. The predicted molar refractivity (Wildman–Crippen MR) is 96.6 cm³/mol. The van der Waals surface area contributed by atoms with Gasteiger partial charge in [0, 0.05) is 10.6 Å². The third-order valence-corrected chi connectivity index (χ3v) is 5.49. The molecule has 0 atom stereocenters. The van der Waals surface area contributed by atoms with Gasteiger partial charge in [0.05, 0.1) is 16.1 Å². The standard InChI is InChI=1S/C16H12ClF3N4O3S/c1-8-2-3-11(17)7-13(8)28(26,27)24-12-5-9(14-21-15(25)23-22-14)4-10(6-12)16(18,19)20/h2-7,24H,1H3,(H2,21,22,23,25). The fraction of sp³-hybridized carbons (Fsp3) is 0.125. The Morgan fingerprint density at radius 3 is 2.46 bits per heavy atom. The summed E-state index contributed by atoms with van der Waals surface area (Å²) >= 11 is 5.83. The largest absolute Gasteiger partial charge is 0.416 e. The Morgan fingerprint density at radius 1 is 1.14 bits per heavy atom. The lowest BCUT2D eigenvalue weighted by Crippen LogP contribution is -2.15. The molecule has 0 amide bonds. The van der Waals surface area contributed by atoms with E-state index in [1.165, 1.54) is 25.1 Å². The third-order valence-electron chi connectivity index (χ3n) is 3.73. The van der Waals surface area contributed by atoms with Crippen molar-refractivity contribution < 1.29 is 21.6 Å². The molecule has 2 aromatic carbocycles. The molecule has 12 heteroatoms. The van der Waals surface area contributed by atoms with E-state index in [2.05, 4.69) is 14.8 Å². The summed E-state index contributed by atoms with van der Waals surface area (Å²) in [7, 11) is -4.22. The van der Waals surface area contributed by atoms with Crippen molar-refractivity contribution in [2.45, 2.75) is 18.0 Å². The third kappa shape index (κ3) is 4.20. The van der Waals surface area contributed by atoms with E-state index in [1.54, 1.807) is 0 Å². The van der Waals surface area contributed by atoms with Gasteiger partial charge >= 0.3 is 11.9 Å². The maximum Gasteiger partial charge on any atom is 0.416 e. The van der Waals surface area contributed by atoms with Gasteiger partial charge in [-0.25, -0.2) is 18.3 Å². The molecule has 0 bridgehead atoms. The highest BCUT2D eigenvalue weighted by atomic mass is 35.5. The van der Waals surface area contributed by atoms with Gasteiger partial charge in [0.2, 0.25) is 0 Å². The van der Waals surface area contributed by atoms with Crippen LogP contribution in [-0.2, 0) is 16.2 Å². The SMILES string of the molecule is Cc1ccc(Cl)cc1S(=O)(=O)Nc1cc(-c2n[nH]c(=O)[nH]2)cc(C(F)(F)F)c1. The van der Waals surface area contributed by atoms with Crippen LogP contribution in [0.4, 0.5) is 18.9 Å². The van der Waals surface area contributed by atoms with E-state index >= 15 is 0 Å². The van der Waals surface area contributed by atoms with Crippen molar-refractivity contribution in [2.75, 3.05) is 4.72 Å². The Kier molecular flexibility index (Phi) is 4.98. The first-order chi connectivity index (χ1) is 13.0. The van der Waals surface area contributed by atoms with Crippen molar-refractivity contribution in [3.8, 4) is 11.4 Å². The molecule has 148 valence electrons. The molecule has 0 radical (unpaired) electrons. The summed E-state index contributed by atoms with van der Waals surface area (Å²) in [6.07, 6.45) is -4.75. The number of anilines is 1. The minimum absolute atomic E-state index is 0.131. The molecule has 3 aromatic rings. The average molecular weight is 433 g/mol. The van der Waals surface area contributed by atoms with Gasteiger partial charge in [0.15, 0.2) is 5.82 Å². The number of aryl methyl sites for hydroxylation is 1. The van der Waals surface area contributed by atoms with E-state index in [4.69, 9.17) is 11.6 Å². The summed E-state index contributed by atoms with van der Waals surface area (Å²) in [5.74, 6) is -0.171. The van der Waals surface area contributed by atoms with Crippen LogP contribution in [0.1, 0.15) is 11.1 Å². The van der Waals surface area contributed by atoms with Gasteiger partial charge < -0.3 is 0 Å². The summed E-state index contributed by atoms with van der Waals surface area (Å²) in [4.78, 5) is 13.2. The number of hydrogen-bond donors (Lipinski definition) is 3. The van der Waals surface area contributed by atoms with Crippen molar-refractivity contribution in [3.05, 3.63) is 63.0 Å². The van der Waals surface area contributed by atoms with E-state index in [1.807, 2.05) is 5.10 Å². The number of rotatable bonds is 4. The van der Waals surface area contributed by atoms with E-state index in [0.717, 1.165) is 12.1 Å². The lowest BCUT2D eigenvalue weighted by Gasteiger charge is -2.14. The molecular weight excluding hydrogens is 421 g/mol. The molecule has 0 saturated carbocycles. The number of aromatic amines is 2. The number of aromatic nitrogens is 3. The average Bonchev–Trinajstić information content (AvgIpc) is 3.02. The first-order valence-electron chi connectivity index (χ1n) is 7.62. The van der Waals surface area contributed by atoms with Crippen LogP contribution in [0.3, 0.4) is 0 Å². The highest BCUT2D eigenvalue weighted by Gasteiger charge is 2.32. The molecule has 0 aliphatic rings. The number of sulfonamides is 1. The van der Waals surface area contributed by atoms with Crippen molar-refractivity contribution in [3.63, 3.8) is 0 Å². The van der Waals surface area contributed by atoms with Gasteiger partial charge in [-0.05, 0) is 42.8 Å². The fourth-order valence-electron chi connectivity index (χ4n) is 2.47. The van der Waals surface area contributed by atoms with E-state index < -0.39 is 27.5 Å². The monoisotopic (exact) mass is 432 g/mol. The lowest BCUT2D eigenvalue weighted by atomic mass is 10.1. The highest BCUT2D eigenvalue weighted by Crippen LogP contribution is 2.35. The van der Waals surface area contributed by atoms with Crippen LogP contribution in [-0.4, -0.2) is 23.6 Å². The van der Waals surface area contributed by atoms with E-state index in [0.29, 0.717) is 11.6 Å². The maximum atomic E-state index is 13.2. The number of hydrogen-bond acceptors (Lipinski definition) is 4. The molecule has 0 unspecified atom stereocenters. The van der Waals surface area contributed by atoms with Crippen LogP contribution in [0.15, 0.2) is 46.1 Å². The Balaban J connectivity index is 2.10. The highest BCUT2D eigenvalue weighted by molar-refractivity contribution is 7.92. The summed E-state index contributed by atoms with van der Waals surface area (Å²) in [6.45, 7) is 1.52. The van der Waals surface area contributed by atoms with Gasteiger partial charge in [-0.15, -0.1) is 0 Å². The Morgan fingerprint density at radius 2 is 1.86 bits per heavy atom. The minimum atomic E-state index is -4.75. The zero-order chi connectivity index (χ0) is 20.7. The minimum Gasteiger partial charge on any atom is -0.289 e. The summed E-state index contributed by atoms with van der Waals surface area (Å²) in [5, 5.41) is 5.77. The normalized spacial score (nSPS) is 12.2. The summed E-state index contributed by atoms with van der Waals surface area (Å²) < 4.78 is 67.2. The van der Waals surface area contributed by atoms with Crippen LogP contribution in [0, 0.1) is 6.92 Å². The van der Waals surface area contributed by atoms with Crippen LogP contribution in [0.5, 0.6) is 0 Å². The zero-order valence-corrected chi connectivity index (χ0v) is 15.6. The molecule has 7 nitrogen and oxygen atoms in total. The first-order valence-corrected chi connectivity index (χ1v) is 9.48. The van der Waals surface area contributed by atoms with E-state index in [-0.39, 0.29) is 27.0 Å². The first kappa shape index (κ1) is 20.0. The van der Waals surface area contributed by atoms with Gasteiger partial charge in [-0.1, -0.05) is 17.7 Å². The Hall–Kier alpha value is -2.79. The molecule has 3 N–H and O–H groups in total. The lowest BCUT2D eigenvalue weighted by molar-refractivity contribution is -0.137. The van der Waals surface area contributed by atoms with Crippen molar-refractivity contribution in [1.29, 1.82) is 0 Å². The molecule has 3 rings (SSSR count). The van der Waals surface area contributed by atoms with Crippen LogP contribution in [0.25, 0.3) is 11.4 Å². The van der Waals surface area contributed by atoms with E-state index in [9.17, 15) is 26.4 Å². The number of alkyl halides is 3. The number of benzene rings is 2. The molecule has 0 aliphatic heterocycles.